The summed E-state index contributed by atoms with van der Waals surface area (Å²) in [5.74, 6) is -0.783. The average molecular weight is 354 g/mol. The maximum absolute atomic E-state index is 10.8. The second kappa shape index (κ2) is 6.87. The van der Waals surface area contributed by atoms with Crippen molar-refractivity contribution in [2.45, 2.75) is 38.9 Å². The molecule has 8 heteroatoms. The van der Waals surface area contributed by atoms with E-state index in [1.807, 2.05) is 17.8 Å². The van der Waals surface area contributed by atoms with Crippen LogP contribution in [0.15, 0.2) is 24.3 Å². The van der Waals surface area contributed by atoms with E-state index in [1.54, 1.807) is 4.68 Å². The molecule has 0 radical (unpaired) electrons. The van der Waals surface area contributed by atoms with Crippen LogP contribution in [0.2, 0.25) is 0 Å². The van der Waals surface area contributed by atoms with Gasteiger partial charge >= 0.3 is 5.97 Å². The summed E-state index contributed by atoms with van der Waals surface area (Å²) in [4.78, 5) is 13.2. The molecule has 136 valence electrons. The number of aryl methyl sites for hydroxylation is 3. The SMILES string of the molecule is Cn1nnc2cc(CN3CCCn4nc(CCC(=O)O)cc4C3)ccc21. The van der Waals surface area contributed by atoms with E-state index in [9.17, 15) is 4.79 Å². The molecule has 2 aromatic heterocycles. The molecule has 0 spiro atoms. The van der Waals surface area contributed by atoms with Crippen LogP contribution in [0.25, 0.3) is 11.0 Å². The van der Waals surface area contributed by atoms with Crippen molar-refractivity contribution in [3.63, 3.8) is 0 Å². The fourth-order valence-corrected chi connectivity index (χ4v) is 3.52. The molecule has 1 aliphatic heterocycles. The van der Waals surface area contributed by atoms with Gasteiger partial charge in [0.25, 0.3) is 0 Å². The van der Waals surface area contributed by atoms with E-state index in [4.69, 9.17) is 5.11 Å². The molecular weight excluding hydrogens is 332 g/mol. The predicted octanol–water partition coefficient (Wildman–Crippen LogP) is 1.59. The monoisotopic (exact) mass is 354 g/mol. The molecule has 3 aromatic rings. The van der Waals surface area contributed by atoms with Crippen LogP contribution in [0.5, 0.6) is 0 Å². The number of carboxylic acids is 1. The predicted molar refractivity (Wildman–Crippen MR) is 95.4 cm³/mol. The van der Waals surface area contributed by atoms with Crippen molar-refractivity contribution >= 4 is 17.0 Å². The zero-order valence-corrected chi connectivity index (χ0v) is 14.8. The third kappa shape index (κ3) is 3.45. The van der Waals surface area contributed by atoms with Crippen LogP contribution >= 0.6 is 0 Å². The fraction of sp³-hybridized carbons (Fsp3) is 0.444. The summed E-state index contributed by atoms with van der Waals surface area (Å²) in [6.07, 6.45) is 1.64. The maximum Gasteiger partial charge on any atom is 0.303 e. The van der Waals surface area contributed by atoms with Gasteiger partial charge < -0.3 is 5.11 Å². The van der Waals surface area contributed by atoms with Crippen molar-refractivity contribution in [1.29, 1.82) is 0 Å². The Kier molecular flexibility index (Phi) is 4.42. The molecule has 0 unspecified atom stereocenters. The normalized spacial score (nSPS) is 15.1. The minimum atomic E-state index is -0.783. The van der Waals surface area contributed by atoms with Crippen LogP contribution in [0.3, 0.4) is 0 Å². The van der Waals surface area contributed by atoms with Gasteiger partial charge in [-0.15, -0.1) is 5.10 Å². The molecule has 0 saturated carbocycles. The highest BCUT2D eigenvalue weighted by Gasteiger charge is 2.17. The lowest BCUT2D eigenvalue weighted by Gasteiger charge is -2.19. The number of carbonyl (C=O) groups is 1. The van der Waals surface area contributed by atoms with Crippen LogP contribution in [0, 0.1) is 0 Å². The van der Waals surface area contributed by atoms with Gasteiger partial charge in [0.2, 0.25) is 0 Å². The number of hydrogen-bond donors (Lipinski definition) is 1. The Morgan fingerprint density at radius 1 is 1.27 bits per heavy atom. The Bertz CT molecular complexity index is 944. The van der Waals surface area contributed by atoms with Gasteiger partial charge in [-0.25, -0.2) is 4.68 Å². The van der Waals surface area contributed by atoms with Gasteiger partial charge in [0.15, 0.2) is 0 Å². The second-order valence-corrected chi connectivity index (χ2v) is 6.84. The van der Waals surface area contributed by atoms with Crippen molar-refractivity contribution in [3.8, 4) is 0 Å². The number of hydrogen-bond acceptors (Lipinski definition) is 5. The van der Waals surface area contributed by atoms with Gasteiger partial charge in [0.05, 0.1) is 23.3 Å². The molecule has 0 bridgehead atoms. The highest BCUT2D eigenvalue weighted by atomic mass is 16.4. The Morgan fingerprint density at radius 2 is 2.15 bits per heavy atom. The lowest BCUT2D eigenvalue weighted by molar-refractivity contribution is -0.136. The lowest BCUT2D eigenvalue weighted by Crippen LogP contribution is -2.22. The Labute approximate surface area is 151 Å². The van der Waals surface area contributed by atoms with E-state index in [-0.39, 0.29) is 6.42 Å². The molecule has 26 heavy (non-hydrogen) atoms. The molecule has 0 atom stereocenters. The van der Waals surface area contributed by atoms with Crippen molar-refractivity contribution in [1.82, 2.24) is 29.7 Å². The summed E-state index contributed by atoms with van der Waals surface area (Å²) in [5.41, 5.74) is 5.19. The zero-order chi connectivity index (χ0) is 18.1. The first-order valence-electron chi connectivity index (χ1n) is 8.86. The van der Waals surface area contributed by atoms with Crippen molar-refractivity contribution < 1.29 is 9.90 Å². The molecule has 4 rings (SSSR count). The van der Waals surface area contributed by atoms with Gasteiger partial charge in [0, 0.05) is 39.6 Å². The van der Waals surface area contributed by atoms with Gasteiger partial charge in [-0.05, 0) is 30.2 Å². The minimum absolute atomic E-state index is 0.123. The van der Waals surface area contributed by atoms with Crippen LogP contribution in [-0.4, -0.2) is 47.3 Å². The van der Waals surface area contributed by atoms with Crippen LogP contribution in [0.1, 0.15) is 29.8 Å². The molecule has 3 heterocycles. The van der Waals surface area contributed by atoms with Crippen molar-refractivity contribution in [2.75, 3.05) is 6.54 Å². The highest BCUT2D eigenvalue weighted by molar-refractivity contribution is 5.74. The third-order valence-electron chi connectivity index (χ3n) is 4.82. The van der Waals surface area contributed by atoms with E-state index in [0.717, 1.165) is 55.0 Å². The number of aliphatic carboxylic acids is 1. The van der Waals surface area contributed by atoms with Crippen LogP contribution in [0.4, 0.5) is 0 Å². The molecule has 1 aliphatic rings. The minimum Gasteiger partial charge on any atom is -0.481 e. The Hall–Kier alpha value is -2.74. The smallest absolute Gasteiger partial charge is 0.303 e. The quantitative estimate of drug-likeness (QED) is 0.748. The molecule has 0 aliphatic carbocycles. The van der Waals surface area contributed by atoms with E-state index < -0.39 is 5.97 Å². The Balaban J connectivity index is 1.48. The summed E-state index contributed by atoms with van der Waals surface area (Å²) >= 11 is 0. The molecular formula is C18H22N6O2. The fourth-order valence-electron chi connectivity index (χ4n) is 3.52. The maximum atomic E-state index is 10.8. The van der Waals surface area contributed by atoms with E-state index in [0.29, 0.717) is 6.42 Å². The number of fused-ring (bicyclic) bond motifs is 2. The van der Waals surface area contributed by atoms with E-state index >= 15 is 0 Å². The molecule has 0 amide bonds. The highest BCUT2D eigenvalue weighted by Crippen LogP contribution is 2.19. The summed E-state index contributed by atoms with van der Waals surface area (Å²) < 4.78 is 3.81. The first-order valence-corrected chi connectivity index (χ1v) is 8.86. The first kappa shape index (κ1) is 16.7. The van der Waals surface area contributed by atoms with E-state index in [2.05, 4.69) is 38.5 Å². The molecule has 0 fully saturated rings. The van der Waals surface area contributed by atoms with Gasteiger partial charge in [-0.1, -0.05) is 11.3 Å². The number of carboxylic acid groups (broad SMARTS) is 1. The van der Waals surface area contributed by atoms with Gasteiger partial charge in [-0.2, -0.15) is 5.10 Å². The van der Waals surface area contributed by atoms with E-state index in [1.165, 1.54) is 5.56 Å². The number of benzene rings is 1. The average Bonchev–Trinajstić information content (AvgIpc) is 3.11. The number of nitrogens with zero attached hydrogens (tertiary/aromatic N) is 6. The van der Waals surface area contributed by atoms with Crippen LogP contribution in [-0.2, 0) is 37.9 Å². The molecule has 8 nitrogen and oxygen atoms in total. The largest absolute Gasteiger partial charge is 0.481 e. The third-order valence-corrected chi connectivity index (χ3v) is 4.82. The summed E-state index contributed by atoms with van der Waals surface area (Å²) in [7, 11) is 1.90. The summed E-state index contributed by atoms with van der Waals surface area (Å²) in [5, 5.41) is 21.7. The number of rotatable bonds is 5. The molecule has 0 saturated heterocycles. The summed E-state index contributed by atoms with van der Waals surface area (Å²) in [6, 6.07) is 8.35. The van der Waals surface area contributed by atoms with Crippen LogP contribution < -0.4 is 0 Å². The lowest BCUT2D eigenvalue weighted by atomic mass is 10.1. The first-order chi connectivity index (χ1) is 12.6. The topological polar surface area (TPSA) is 89.1 Å². The van der Waals surface area contributed by atoms with Gasteiger partial charge in [0.1, 0.15) is 5.52 Å². The van der Waals surface area contributed by atoms with Gasteiger partial charge in [-0.3, -0.25) is 14.4 Å². The Morgan fingerprint density at radius 3 is 3.00 bits per heavy atom. The molecule has 1 aromatic carbocycles. The van der Waals surface area contributed by atoms with Crippen molar-refractivity contribution in [2.24, 2.45) is 7.05 Å². The van der Waals surface area contributed by atoms with Crippen molar-refractivity contribution in [3.05, 3.63) is 41.2 Å². The molecule has 1 N–H and O–H groups in total. The standard InChI is InChI=1S/C18H22N6O2/c1-22-17-5-3-13(9-16(17)19-21-22)11-23-7-2-8-24-15(12-23)10-14(20-24)4-6-18(25)26/h3,5,9-10H,2,4,6-8,11-12H2,1H3,(H,25,26). The zero-order valence-electron chi connectivity index (χ0n) is 14.8. The number of aromatic nitrogens is 5. The second-order valence-electron chi connectivity index (χ2n) is 6.84. The summed E-state index contributed by atoms with van der Waals surface area (Å²) in [6.45, 7) is 3.55.